The van der Waals surface area contributed by atoms with Gasteiger partial charge in [-0.1, -0.05) is 25.5 Å². The predicted molar refractivity (Wildman–Crippen MR) is 80.0 cm³/mol. The second-order valence-corrected chi connectivity index (χ2v) is 5.88. The molecule has 3 rings (SSSR count). The zero-order valence-electron chi connectivity index (χ0n) is 11.7. The molecular weight excluding hydrogens is 232 g/mol. The molecule has 1 aromatic heterocycles. The Hall–Kier alpha value is -1.41. The summed E-state index contributed by atoms with van der Waals surface area (Å²) >= 11 is 0. The van der Waals surface area contributed by atoms with Gasteiger partial charge < -0.3 is 5.32 Å². The molecule has 0 bridgehead atoms. The lowest BCUT2D eigenvalue weighted by Gasteiger charge is -2.15. The van der Waals surface area contributed by atoms with Crippen molar-refractivity contribution < 1.29 is 0 Å². The van der Waals surface area contributed by atoms with Gasteiger partial charge in [0.1, 0.15) is 0 Å². The van der Waals surface area contributed by atoms with Crippen LogP contribution in [0.1, 0.15) is 38.2 Å². The molecule has 2 nitrogen and oxygen atoms in total. The van der Waals surface area contributed by atoms with E-state index in [1.807, 2.05) is 12.3 Å². The van der Waals surface area contributed by atoms with E-state index >= 15 is 0 Å². The topological polar surface area (TPSA) is 24.9 Å². The highest BCUT2D eigenvalue weighted by molar-refractivity contribution is 5.78. The molecule has 0 radical (unpaired) electrons. The summed E-state index contributed by atoms with van der Waals surface area (Å²) in [5.41, 5.74) is 3.07. The Kier molecular flexibility index (Phi) is 3.52. The summed E-state index contributed by atoms with van der Waals surface area (Å²) < 4.78 is 0. The molecule has 1 aliphatic carbocycles. The fraction of sp³-hybridized carbons (Fsp3) is 0.471. The molecule has 1 aromatic carbocycles. The number of aromatic nitrogens is 1. The van der Waals surface area contributed by atoms with Crippen molar-refractivity contribution in [2.75, 3.05) is 6.54 Å². The van der Waals surface area contributed by atoms with Gasteiger partial charge in [0.2, 0.25) is 0 Å². The van der Waals surface area contributed by atoms with Crippen LogP contribution in [0.4, 0.5) is 0 Å². The molecule has 0 unspecified atom stereocenters. The smallest absolute Gasteiger partial charge is 0.0702 e. The summed E-state index contributed by atoms with van der Waals surface area (Å²) in [6.07, 6.45) is 7.36. The van der Waals surface area contributed by atoms with Crippen molar-refractivity contribution in [3.05, 3.63) is 42.1 Å². The Labute approximate surface area is 115 Å². The van der Waals surface area contributed by atoms with Crippen LogP contribution < -0.4 is 5.32 Å². The van der Waals surface area contributed by atoms with Gasteiger partial charge in [0.25, 0.3) is 0 Å². The lowest BCUT2D eigenvalue weighted by Crippen LogP contribution is -2.23. The van der Waals surface area contributed by atoms with Crippen LogP contribution in [0.2, 0.25) is 0 Å². The van der Waals surface area contributed by atoms with E-state index in [1.165, 1.54) is 43.2 Å². The summed E-state index contributed by atoms with van der Waals surface area (Å²) in [5.74, 6) is 0. The highest BCUT2D eigenvalue weighted by Crippen LogP contribution is 2.48. The van der Waals surface area contributed by atoms with Crippen molar-refractivity contribution in [2.24, 2.45) is 5.41 Å². The van der Waals surface area contributed by atoms with Crippen molar-refractivity contribution in [3.63, 3.8) is 0 Å². The maximum Gasteiger partial charge on any atom is 0.0702 e. The van der Waals surface area contributed by atoms with Crippen molar-refractivity contribution in [3.8, 4) is 0 Å². The fourth-order valence-corrected chi connectivity index (χ4v) is 2.93. The van der Waals surface area contributed by atoms with Crippen LogP contribution >= 0.6 is 0 Å². The lowest BCUT2D eigenvalue weighted by atomic mass is 10.0. The minimum Gasteiger partial charge on any atom is -0.312 e. The summed E-state index contributed by atoms with van der Waals surface area (Å²) in [7, 11) is 0. The van der Waals surface area contributed by atoms with Gasteiger partial charge in [-0.05, 0) is 48.4 Å². The first-order valence-corrected chi connectivity index (χ1v) is 7.36. The van der Waals surface area contributed by atoms with Crippen LogP contribution in [-0.4, -0.2) is 11.5 Å². The standard InChI is InChI=1S/C17H22N2/c1-2-7-17(8-9-17)13-18-12-14-5-6-16-15(11-14)4-3-10-19-16/h3-6,10-11,18H,2,7-9,12-13H2,1H3. The van der Waals surface area contributed by atoms with Crippen LogP contribution in [0, 0.1) is 5.41 Å². The monoisotopic (exact) mass is 254 g/mol. The van der Waals surface area contributed by atoms with Crippen molar-refractivity contribution in [1.29, 1.82) is 0 Å². The zero-order valence-corrected chi connectivity index (χ0v) is 11.7. The molecule has 2 aromatic rings. The number of fused-ring (bicyclic) bond motifs is 1. The predicted octanol–water partition coefficient (Wildman–Crippen LogP) is 3.90. The number of nitrogens with zero attached hydrogens (tertiary/aromatic N) is 1. The number of hydrogen-bond donors (Lipinski definition) is 1. The second kappa shape index (κ2) is 5.30. The van der Waals surface area contributed by atoms with Crippen LogP contribution in [0.15, 0.2) is 36.5 Å². The van der Waals surface area contributed by atoms with Gasteiger partial charge in [0.15, 0.2) is 0 Å². The van der Waals surface area contributed by atoms with Gasteiger partial charge >= 0.3 is 0 Å². The molecule has 0 aliphatic heterocycles. The molecule has 0 atom stereocenters. The van der Waals surface area contributed by atoms with Gasteiger partial charge in [-0.15, -0.1) is 0 Å². The summed E-state index contributed by atoms with van der Waals surface area (Å²) in [6.45, 7) is 4.43. The zero-order chi connectivity index (χ0) is 13.1. The largest absolute Gasteiger partial charge is 0.312 e. The molecule has 2 heteroatoms. The minimum atomic E-state index is 0.632. The maximum absolute atomic E-state index is 4.36. The Balaban J connectivity index is 1.59. The van der Waals surface area contributed by atoms with E-state index in [0.29, 0.717) is 5.41 Å². The number of nitrogens with one attached hydrogen (secondary N) is 1. The van der Waals surface area contributed by atoms with E-state index in [4.69, 9.17) is 0 Å². The number of pyridine rings is 1. The first-order chi connectivity index (χ1) is 9.31. The molecule has 1 fully saturated rings. The Morgan fingerprint density at radius 1 is 1.26 bits per heavy atom. The molecule has 1 aliphatic rings. The third kappa shape index (κ3) is 2.95. The normalized spacial score (nSPS) is 16.7. The summed E-state index contributed by atoms with van der Waals surface area (Å²) in [4.78, 5) is 4.36. The van der Waals surface area contributed by atoms with Crippen molar-refractivity contribution >= 4 is 10.9 Å². The molecule has 1 heterocycles. The second-order valence-electron chi connectivity index (χ2n) is 5.88. The molecule has 1 saturated carbocycles. The van der Waals surface area contributed by atoms with Crippen LogP contribution in [0.25, 0.3) is 10.9 Å². The molecule has 0 spiro atoms. The first-order valence-electron chi connectivity index (χ1n) is 7.36. The number of rotatable bonds is 6. The third-order valence-corrected chi connectivity index (χ3v) is 4.23. The number of hydrogen-bond acceptors (Lipinski definition) is 2. The molecule has 1 N–H and O–H groups in total. The van der Waals surface area contributed by atoms with E-state index < -0.39 is 0 Å². The highest BCUT2D eigenvalue weighted by atomic mass is 14.9. The molecule has 100 valence electrons. The molecule has 0 saturated heterocycles. The average Bonchev–Trinajstić information content (AvgIpc) is 3.19. The van der Waals surface area contributed by atoms with Gasteiger partial charge in [0.05, 0.1) is 5.52 Å². The van der Waals surface area contributed by atoms with Gasteiger partial charge in [-0.2, -0.15) is 0 Å². The first kappa shape index (κ1) is 12.6. The highest BCUT2D eigenvalue weighted by Gasteiger charge is 2.40. The van der Waals surface area contributed by atoms with Crippen molar-refractivity contribution in [1.82, 2.24) is 10.3 Å². The number of benzene rings is 1. The van der Waals surface area contributed by atoms with Gasteiger partial charge in [-0.3, -0.25) is 4.98 Å². The molecule has 0 amide bonds. The van der Waals surface area contributed by atoms with E-state index in [9.17, 15) is 0 Å². The Bertz CT molecular complexity index is 558. The quantitative estimate of drug-likeness (QED) is 0.845. The van der Waals surface area contributed by atoms with Gasteiger partial charge in [-0.25, -0.2) is 0 Å². The average molecular weight is 254 g/mol. The molecule has 19 heavy (non-hydrogen) atoms. The van der Waals surface area contributed by atoms with E-state index in [2.05, 4.69) is 41.5 Å². The fourth-order valence-electron chi connectivity index (χ4n) is 2.93. The van der Waals surface area contributed by atoms with E-state index in [0.717, 1.165) is 12.1 Å². The SMILES string of the molecule is CCCC1(CNCc2ccc3ncccc3c2)CC1. The maximum atomic E-state index is 4.36. The Morgan fingerprint density at radius 2 is 2.16 bits per heavy atom. The summed E-state index contributed by atoms with van der Waals surface area (Å²) in [6, 6.07) is 10.7. The third-order valence-electron chi connectivity index (χ3n) is 4.23. The van der Waals surface area contributed by atoms with Crippen molar-refractivity contribution in [2.45, 2.75) is 39.2 Å². The van der Waals surface area contributed by atoms with Gasteiger partial charge in [0, 0.05) is 24.7 Å². The van der Waals surface area contributed by atoms with E-state index in [-0.39, 0.29) is 0 Å². The lowest BCUT2D eigenvalue weighted by molar-refractivity contribution is 0.421. The summed E-state index contributed by atoms with van der Waals surface area (Å²) in [5, 5.41) is 4.87. The minimum absolute atomic E-state index is 0.632. The Morgan fingerprint density at radius 3 is 2.95 bits per heavy atom. The van der Waals surface area contributed by atoms with E-state index in [1.54, 1.807) is 0 Å². The van der Waals surface area contributed by atoms with Crippen LogP contribution in [0.5, 0.6) is 0 Å². The van der Waals surface area contributed by atoms with Crippen LogP contribution in [0.3, 0.4) is 0 Å². The van der Waals surface area contributed by atoms with Crippen LogP contribution in [-0.2, 0) is 6.54 Å². The molecular formula is C17H22N2.